The van der Waals surface area contributed by atoms with Crippen LogP contribution in [0, 0.1) is 11.8 Å². The third kappa shape index (κ3) is 8.20. The Labute approximate surface area is 382 Å². The highest BCUT2D eigenvalue weighted by Gasteiger charge is 2.57. The van der Waals surface area contributed by atoms with E-state index in [1.807, 2.05) is 70.7 Å². The smallest absolute Gasteiger partial charge is 0.408 e. The first kappa shape index (κ1) is 41.5. The lowest BCUT2D eigenvalue weighted by atomic mass is 9.98. The number of likely N-dealkylation sites (tertiary alicyclic amines) is 2. The van der Waals surface area contributed by atoms with E-state index in [0.29, 0.717) is 23.2 Å². The van der Waals surface area contributed by atoms with Crippen molar-refractivity contribution < 1.29 is 29.0 Å². The van der Waals surface area contributed by atoms with Gasteiger partial charge in [-0.05, 0) is 91.0 Å². The molecule has 3 saturated carbocycles. The number of ether oxygens (including phenoxy) is 1. The number of benzene rings is 4. The van der Waals surface area contributed by atoms with Gasteiger partial charge in [0.2, 0.25) is 0 Å². The monoisotopic (exact) mass is 884 g/mol. The number of aromatic nitrogens is 4. The Morgan fingerprint density at radius 1 is 0.636 bits per heavy atom. The fraction of sp³-hybridized carbons (Fsp3) is 0.346. The van der Waals surface area contributed by atoms with Crippen LogP contribution in [0.1, 0.15) is 105 Å². The fourth-order valence-electron chi connectivity index (χ4n) is 10.8. The normalized spacial score (nSPS) is 23.9. The largest absolute Gasteiger partial charge is 0.465 e. The SMILES string of the molecule is O=C(O)N[C@@H](C(=O)N1[C@@H]2C[C@@H]2C[C@H]1c1nc(-c2ccc(-c3ccc(-c4cnc([C@@H]5C[C@@H]6C[C@H]6N5C(=O)[C@H](NC(=O)OC5CCCCC5)c5ccccc5)[nH]4)cc3)cc2)c[nH]1)c1ccccc1. The number of hydrogen-bond donors (Lipinski definition) is 5. The number of imidazole rings is 2. The van der Waals surface area contributed by atoms with Gasteiger partial charge in [0, 0.05) is 23.8 Å². The Hall–Kier alpha value is -7.22. The summed E-state index contributed by atoms with van der Waals surface area (Å²) in [6.07, 6.45) is 10.2. The van der Waals surface area contributed by atoms with Crippen molar-refractivity contribution in [3.63, 3.8) is 0 Å². The molecule has 4 amide bonds. The maximum Gasteiger partial charge on any atom is 0.408 e. The topological polar surface area (TPSA) is 186 Å². The number of carbonyl (C=O) groups excluding carboxylic acids is 3. The number of carbonyl (C=O) groups is 4. The number of alkyl carbamates (subject to hydrolysis) is 1. The number of carboxylic acid groups (broad SMARTS) is 1. The molecule has 3 aliphatic carbocycles. The summed E-state index contributed by atoms with van der Waals surface area (Å²) in [4.78, 5) is 73.9. The summed E-state index contributed by atoms with van der Waals surface area (Å²) in [6.45, 7) is 0. The average Bonchev–Trinajstić information content (AvgIpc) is 3.93. The minimum Gasteiger partial charge on any atom is -0.465 e. The summed E-state index contributed by atoms with van der Waals surface area (Å²) in [5.41, 5.74) is 6.94. The third-order valence-corrected chi connectivity index (χ3v) is 14.4. The number of amides is 4. The van der Waals surface area contributed by atoms with E-state index in [9.17, 15) is 24.3 Å². The predicted molar refractivity (Wildman–Crippen MR) is 245 cm³/mol. The highest BCUT2D eigenvalue weighted by Crippen LogP contribution is 2.55. The van der Waals surface area contributed by atoms with Crippen molar-refractivity contribution >= 4 is 24.0 Å². The van der Waals surface area contributed by atoms with Gasteiger partial charge >= 0.3 is 12.2 Å². The van der Waals surface area contributed by atoms with Gasteiger partial charge in [0.15, 0.2) is 0 Å². The van der Waals surface area contributed by atoms with E-state index in [0.717, 1.165) is 103 Å². The quantitative estimate of drug-likeness (QED) is 0.0805. The number of piperidine rings is 2. The average molecular weight is 885 g/mol. The summed E-state index contributed by atoms with van der Waals surface area (Å²) >= 11 is 0. The fourth-order valence-corrected chi connectivity index (χ4v) is 10.8. The van der Waals surface area contributed by atoms with Crippen LogP contribution in [0.25, 0.3) is 33.6 Å². The molecule has 5 aliphatic rings. The highest BCUT2D eigenvalue weighted by molar-refractivity contribution is 5.89. The molecule has 2 aromatic heterocycles. The van der Waals surface area contributed by atoms with Gasteiger partial charge in [-0.1, -0.05) is 116 Å². The first-order valence-corrected chi connectivity index (χ1v) is 23.3. The number of aromatic amines is 2. The molecule has 2 aliphatic heterocycles. The predicted octanol–water partition coefficient (Wildman–Crippen LogP) is 9.27. The van der Waals surface area contributed by atoms with Gasteiger partial charge in [0.05, 0.1) is 29.7 Å². The van der Waals surface area contributed by atoms with Gasteiger partial charge < -0.3 is 40.2 Å². The molecule has 4 aromatic carbocycles. The first-order valence-electron chi connectivity index (χ1n) is 23.3. The van der Waals surface area contributed by atoms with E-state index in [4.69, 9.17) is 14.7 Å². The van der Waals surface area contributed by atoms with Gasteiger partial charge in [0.1, 0.15) is 29.8 Å². The molecule has 8 atom stereocenters. The Morgan fingerprint density at radius 3 is 1.74 bits per heavy atom. The Morgan fingerprint density at radius 2 is 1.17 bits per heavy atom. The second-order valence-electron chi connectivity index (χ2n) is 18.6. The van der Waals surface area contributed by atoms with Crippen molar-refractivity contribution in [1.29, 1.82) is 0 Å². The number of H-pyrrole nitrogens is 2. The second kappa shape index (κ2) is 17.3. The van der Waals surface area contributed by atoms with Crippen LogP contribution in [0.3, 0.4) is 0 Å². The van der Waals surface area contributed by atoms with Gasteiger partial charge in [-0.25, -0.2) is 19.6 Å². The van der Waals surface area contributed by atoms with Crippen LogP contribution in [-0.2, 0) is 14.3 Å². The van der Waals surface area contributed by atoms with Crippen LogP contribution in [0.5, 0.6) is 0 Å². The second-order valence-corrected chi connectivity index (χ2v) is 18.6. The van der Waals surface area contributed by atoms with Crippen LogP contribution in [0.15, 0.2) is 122 Å². The molecule has 0 radical (unpaired) electrons. The molecule has 6 aromatic rings. The summed E-state index contributed by atoms with van der Waals surface area (Å²) in [5.74, 6) is 1.79. The maximum absolute atomic E-state index is 14.5. The van der Waals surface area contributed by atoms with Crippen molar-refractivity contribution in [2.24, 2.45) is 11.8 Å². The van der Waals surface area contributed by atoms with Crippen molar-refractivity contribution in [2.45, 2.75) is 100 Å². The van der Waals surface area contributed by atoms with Crippen molar-refractivity contribution in [3.8, 4) is 33.6 Å². The lowest BCUT2D eigenvalue weighted by Gasteiger charge is -2.31. The molecule has 66 heavy (non-hydrogen) atoms. The van der Waals surface area contributed by atoms with Gasteiger partial charge in [-0.3, -0.25) is 9.59 Å². The zero-order chi connectivity index (χ0) is 44.9. The van der Waals surface area contributed by atoms with E-state index < -0.39 is 24.3 Å². The molecule has 4 heterocycles. The molecule has 14 nitrogen and oxygen atoms in total. The standard InChI is InChI=1S/C52H52N8O6/c61-49(45(57-51(63)64)34-10-4-1-5-11-34)59-41-24-36(41)26-43(59)47-53-28-39(55-47)32-20-16-30(17-21-32)31-18-22-33(23-19-31)40-29-54-48(56-40)44-27-37-25-42(37)60(44)50(62)46(35-12-6-2-7-13-35)58-52(65)66-38-14-8-3-9-15-38/h1-2,4-7,10-13,16-23,28-29,36-38,41-46,57H,3,8-9,14-15,24-27H2,(H,53,55)(H,54,56)(H,58,65)(H,63,64)/t36-,37+,41-,42-,43+,44+,45-,46-/m1/s1. The zero-order valence-corrected chi connectivity index (χ0v) is 36.4. The molecule has 5 N–H and O–H groups in total. The summed E-state index contributed by atoms with van der Waals surface area (Å²) in [6, 6.07) is 32.7. The Balaban J connectivity index is 0.757. The number of hydrogen-bond acceptors (Lipinski definition) is 7. The number of rotatable bonds is 12. The highest BCUT2D eigenvalue weighted by atomic mass is 16.6. The molecule has 2 saturated heterocycles. The number of fused-ring (bicyclic) bond motifs is 2. The summed E-state index contributed by atoms with van der Waals surface area (Å²) in [7, 11) is 0. The van der Waals surface area contributed by atoms with Crippen LogP contribution in [0.4, 0.5) is 9.59 Å². The lowest BCUT2D eigenvalue weighted by molar-refractivity contribution is -0.136. The Bertz CT molecular complexity index is 2730. The van der Waals surface area contributed by atoms with Gasteiger partial charge in [-0.15, -0.1) is 0 Å². The molecule has 0 unspecified atom stereocenters. The third-order valence-electron chi connectivity index (χ3n) is 14.4. The Kier molecular flexibility index (Phi) is 10.9. The van der Waals surface area contributed by atoms with Crippen LogP contribution in [0.2, 0.25) is 0 Å². The number of nitrogens with zero attached hydrogens (tertiary/aromatic N) is 4. The summed E-state index contributed by atoms with van der Waals surface area (Å²) < 4.78 is 5.80. The van der Waals surface area contributed by atoms with Crippen LogP contribution in [-0.4, -0.2) is 77.0 Å². The minimum absolute atomic E-state index is 0.0732. The molecule has 0 spiro atoms. The maximum atomic E-state index is 14.5. The molecular weight excluding hydrogens is 833 g/mol. The zero-order valence-electron chi connectivity index (χ0n) is 36.4. The lowest BCUT2D eigenvalue weighted by Crippen LogP contribution is -2.45. The van der Waals surface area contributed by atoms with E-state index >= 15 is 0 Å². The number of nitrogens with one attached hydrogen (secondary N) is 4. The van der Waals surface area contributed by atoms with E-state index in [1.54, 1.807) is 24.3 Å². The summed E-state index contributed by atoms with van der Waals surface area (Å²) in [5, 5.41) is 15.0. The minimum atomic E-state index is -1.25. The molecular formula is C52H52N8O6. The molecule has 14 heteroatoms. The van der Waals surface area contributed by atoms with E-state index in [1.165, 1.54) is 0 Å². The van der Waals surface area contributed by atoms with Gasteiger partial charge in [0.25, 0.3) is 11.8 Å². The van der Waals surface area contributed by atoms with Crippen molar-refractivity contribution in [3.05, 3.63) is 144 Å². The van der Waals surface area contributed by atoms with Crippen LogP contribution < -0.4 is 10.6 Å². The van der Waals surface area contributed by atoms with Crippen molar-refractivity contribution in [2.75, 3.05) is 0 Å². The van der Waals surface area contributed by atoms with Gasteiger partial charge in [-0.2, -0.15) is 0 Å². The van der Waals surface area contributed by atoms with Crippen LogP contribution >= 0.6 is 0 Å². The molecule has 336 valence electrons. The molecule has 0 bridgehead atoms. The molecule has 5 fully saturated rings. The first-order chi connectivity index (χ1) is 32.3. The van der Waals surface area contributed by atoms with E-state index in [2.05, 4.69) is 57.0 Å². The van der Waals surface area contributed by atoms with Crippen molar-refractivity contribution in [1.82, 2.24) is 40.4 Å². The van der Waals surface area contributed by atoms with E-state index in [-0.39, 0.29) is 42.1 Å². The molecule has 11 rings (SSSR count).